The Labute approximate surface area is 245 Å². The van der Waals surface area contributed by atoms with Crippen LogP contribution >= 0.6 is 0 Å². The van der Waals surface area contributed by atoms with Crippen LogP contribution in [0.25, 0.3) is 6.08 Å². The van der Waals surface area contributed by atoms with Crippen LogP contribution in [-0.2, 0) is 11.2 Å². The van der Waals surface area contributed by atoms with E-state index in [-0.39, 0.29) is 11.8 Å². The van der Waals surface area contributed by atoms with Crippen LogP contribution in [0.15, 0.2) is 84.1 Å². The number of hydrogen-bond acceptors (Lipinski definition) is 3. The van der Waals surface area contributed by atoms with Gasteiger partial charge in [0.1, 0.15) is 11.5 Å². The van der Waals surface area contributed by atoms with E-state index in [1.807, 2.05) is 18.2 Å². The summed E-state index contributed by atoms with van der Waals surface area (Å²) < 4.78 is 6.54. The number of carboxylic acids is 1. The van der Waals surface area contributed by atoms with Crippen LogP contribution in [0.5, 0.6) is 11.5 Å². The standard InChI is InChI=1S/C37H43NO3/c1-25(2)16-17-29-24-35(30(22-26(29)3)23-27-10-5-4-6-11-27)41-32-20-18-31(19-21-32)38-36(28-12-9-13-28)33-14-7-8-15-34(33)37(39)40/h4-6,10-11,16-22,24-25,33-34,38H,7-9,12-15,23H2,1-3H3,(H,39,40)/b17-16-. The van der Waals surface area contributed by atoms with Gasteiger partial charge < -0.3 is 15.2 Å². The summed E-state index contributed by atoms with van der Waals surface area (Å²) in [5.74, 6) is 1.23. The van der Waals surface area contributed by atoms with Crippen LogP contribution in [-0.4, -0.2) is 11.1 Å². The molecule has 5 rings (SSSR count). The van der Waals surface area contributed by atoms with E-state index >= 15 is 0 Å². The summed E-state index contributed by atoms with van der Waals surface area (Å²) >= 11 is 0. The van der Waals surface area contributed by atoms with Crippen LogP contribution in [0.3, 0.4) is 0 Å². The molecule has 3 aromatic carbocycles. The number of ether oxygens (including phenoxy) is 1. The highest BCUT2D eigenvalue weighted by Gasteiger charge is 2.35. The Morgan fingerprint density at radius 3 is 2.32 bits per heavy atom. The maximum Gasteiger partial charge on any atom is 0.307 e. The van der Waals surface area contributed by atoms with Gasteiger partial charge in [0.2, 0.25) is 0 Å². The number of aryl methyl sites for hydroxylation is 1. The van der Waals surface area contributed by atoms with Crippen molar-refractivity contribution in [2.24, 2.45) is 17.8 Å². The fourth-order valence-corrected chi connectivity index (χ4v) is 6.02. The van der Waals surface area contributed by atoms with Gasteiger partial charge in [-0.15, -0.1) is 0 Å². The molecule has 2 saturated carbocycles. The number of carboxylic acid groups (broad SMARTS) is 1. The Morgan fingerprint density at radius 1 is 0.976 bits per heavy atom. The molecule has 2 atom stereocenters. The second-order valence-corrected chi connectivity index (χ2v) is 12.0. The molecule has 0 radical (unpaired) electrons. The Kier molecular flexibility index (Phi) is 9.28. The molecule has 0 heterocycles. The molecule has 2 fully saturated rings. The van der Waals surface area contributed by atoms with Gasteiger partial charge >= 0.3 is 5.97 Å². The van der Waals surface area contributed by atoms with Crippen LogP contribution < -0.4 is 10.1 Å². The zero-order valence-corrected chi connectivity index (χ0v) is 24.7. The Bertz CT molecular complexity index is 1400. The van der Waals surface area contributed by atoms with E-state index in [4.69, 9.17) is 4.74 Å². The fraction of sp³-hybridized carbons (Fsp3) is 0.378. The van der Waals surface area contributed by atoms with Crippen molar-refractivity contribution in [2.45, 2.75) is 72.1 Å². The smallest absolute Gasteiger partial charge is 0.307 e. The van der Waals surface area contributed by atoms with Gasteiger partial charge in [0.15, 0.2) is 0 Å². The van der Waals surface area contributed by atoms with Crippen molar-refractivity contribution in [1.82, 2.24) is 0 Å². The molecule has 0 aromatic heterocycles. The van der Waals surface area contributed by atoms with Crippen molar-refractivity contribution in [1.29, 1.82) is 0 Å². The monoisotopic (exact) mass is 549 g/mol. The Hall–Kier alpha value is -3.79. The van der Waals surface area contributed by atoms with Crippen molar-refractivity contribution >= 4 is 17.7 Å². The highest BCUT2D eigenvalue weighted by atomic mass is 16.5. The zero-order chi connectivity index (χ0) is 28.8. The molecule has 2 aliphatic rings. The molecule has 0 spiro atoms. The highest BCUT2D eigenvalue weighted by Crippen LogP contribution is 2.41. The molecule has 0 saturated heterocycles. The first kappa shape index (κ1) is 28.7. The van der Waals surface area contributed by atoms with E-state index in [1.165, 1.54) is 28.7 Å². The number of allylic oxidation sites excluding steroid dienone is 3. The first-order valence-corrected chi connectivity index (χ1v) is 15.2. The van der Waals surface area contributed by atoms with Gasteiger partial charge in [-0.2, -0.15) is 0 Å². The van der Waals surface area contributed by atoms with E-state index in [1.54, 1.807) is 0 Å². The minimum absolute atomic E-state index is 0.0675. The quantitative estimate of drug-likeness (QED) is 0.264. The van der Waals surface area contributed by atoms with Gasteiger partial charge in [-0.3, -0.25) is 4.79 Å². The molecule has 4 nitrogen and oxygen atoms in total. The summed E-state index contributed by atoms with van der Waals surface area (Å²) in [7, 11) is 0. The van der Waals surface area contributed by atoms with Crippen molar-refractivity contribution < 1.29 is 14.6 Å². The van der Waals surface area contributed by atoms with Gasteiger partial charge in [-0.1, -0.05) is 80.8 Å². The van der Waals surface area contributed by atoms with Crippen LogP contribution in [0.2, 0.25) is 0 Å². The number of hydrogen-bond donors (Lipinski definition) is 2. The summed E-state index contributed by atoms with van der Waals surface area (Å²) in [6.45, 7) is 6.53. The SMILES string of the molecule is Cc1cc(Cc2ccccc2)c(Oc2ccc(NC(=C3CCC3)C3CCCCC3C(=O)O)cc2)cc1/C=C\C(C)C. The number of benzene rings is 3. The van der Waals surface area contributed by atoms with Crippen molar-refractivity contribution in [2.75, 3.05) is 5.32 Å². The van der Waals surface area contributed by atoms with Crippen LogP contribution in [0.1, 0.15) is 81.0 Å². The van der Waals surface area contributed by atoms with Gasteiger partial charge in [-0.05, 0) is 97.5 Å². The lowest BCUT2D eigenvalue weighted by Gasteiger charge is -2.35. The fourth-order valence-electron chi connectivity index (χ4n) is 6.02. The van der Waals surface area contributed by atoms with Crippen molar-refractivity contribution in [3.05, 3.63) is 106 Å². The predicted octanol–water partition coefficient (Wildman–Crippen LogP) is 9.79. The maximum atomic E-state index is 12.1. The molecule has 214 valence electrons. The van der Waals surface area contributed by atoms with E-state index < -0.39 is 5.97 Å². The van der Waals surface area contributed by atoms with E-state index in [2.05, 4.69) is 86.8 Å². The number of aliphatic carboxylic acids is 1. The molecule has 4 heteroatoms. The minimum Gasteiger partial charge on any atom is -0.481 e. The first-order valence-electron chi connectivity index (χ1n) is 15.2. The number of nitrogens with one attached hydrogen (secondary N) is 1. The van der Waals surface area contributed by atoms with Crippen LogP contribution in [0.4, 0.5) is 5.69 Å². The zero-order valence-electron chi connectivity index (χ0n) is 24.7. The first-order chi connectivity index (χ1) is 19.9. The molecule has 2 unspecified atom stereocenters. The van der Waals surface area contributed by atoms with Crippen molar-refractivity contribution in [3.8, 4) is 11.5 Å². The Morgan fingerprint density at radius 2 is 1.68 bits per heavy atom. The normalized spacial score (nSPS) is 18.8. The van der Waals surface area contributed by atoms with Crippen LogP contribution in [0, 0.1) is 24.7 Å². The van der Waals surface area contributed by atoms with Gasteiger partial charge in [0.25, 0.3) is 0 Å². The van der Waals surface area contributed by atoms with Crippen molar-refractivity contribution in [3.63, 3.8) is 0 Å². The number of anilines is 1. The lowest BCUT2D eigenvalue weighted by Crippen LogP contribution is -2.32. The van der Waals surface area contributed by atoms with E-state index in [9.17, 15) is 9.90 Å². The Balaban J connectivity index is 1.38. The highest BCUT2D eigenvalue weighted by molar-refractivity contribution is 5.71. The molecule has 2 aliphatic carbocycles. The summed E-state index contributed by atoms with van der Waals surface area (Å²) in [5, 5.41) is 13.6. The number of carbonyl (C=O) groups is 1. The average molecular weight is 550 g/mol. The predicted molar refractivity (Wildman–Crippen MR) is 168 cm³/mol. The lowest BCUT2D eigenvalue weighted by atomic mass is 9.74. The maximum absolute atomic E-state index is 12.1. The molecular weight excluding hydrogens is 506 g/mol. The summed E-state index contributed by atoms with van der Waals surface area (Å²) in [4.78, 5) is 12.1. The third kappa shape index (κ3) is 7.30. The average Bonchev–Trinajstić information content (AvgIpc) is 2.94. The minimum atomic E-state index is -0.662. The molecule has 2 N–H and O–H groups in total. The second-order valence-electron chi connectivity index (χ2n) is 12.0. The molecule has 0 bridgehead atoms. The third-order valence-corrected chi connectivity index (χ3v) is 8.50. The van der Waals surface area contributed by atoms with Gasteiger partial charge in [0, 0.05) is 23.7 Å². The number of rotatable bonds is 10. The molecular formula is C37H43NO3. The summed E-state index contributed by atoms with van der Waals surface area (Å²) in [5.41, 5.74) is 8.35. The summed E-state index contributed by atoms with van der Waals surface area (Å²) in [6.07, 6.45) is 12.3. The summed E-state index contributed by atoms with van der Waals surface area (Å²) in [6, 6.07) is 23.0. The molecule has 0 amide bonds. The third-order valence-electron chi connectivity index (χ3n) is 8.50. The van der Waals surface area contributed by atoms with Gasteiger partial charge in [0.05, 0.1) is 5.92 Å². The largest absolute Gasteiger partial charge is 0.481 e. The topological polar surface area (TPSA) is 58.6 Å². The molecule has 0 aliphatic heterocycles. The second kappa shape index (κ2) is 13.2. The van der Waals surface area contributed by atoms with E-state index in [0.717, 1.165) is 73.4 Å². The molecule has 41 heavy (non-hydrogen) atoms. The lowest BCUT2D eigenvalue weighted by molar-refractivity contribution is -0.144. The van der Waals surface area contributed by atoms with E-state index in [0.29, 0.717) is 5.92 Å². The van der Waals surface area contributed by atoms with Gasteiger partial charge in [-0.25, -0.2) is 0 Å². The molecule has 3 aromatic rings.